The molecule has 1 heterocycles. The van der Waals surface area contributed by atoms with Crippen molar-refractivity contribution in [3.05, 3.63) is 47.3 Å². The van der Waals surface area contributed by atoms with Crippen molar-refractivity contribution < 1.29 is 14.3 Å². The van der Waals surface area contributed by atoms with Gasteiger partial charge in [-0.1, -0.05) is 18.2 Å². The van der Waals surface area contributed by atoms with Gasteiger partial charge in [-0.05, 0) is 26.0 Å². The number of nitrogens with one attached hydrogen (secondary N) is 2. The number of benzene rings is 1. The van der Waals surface area contributed by atoms with Crippen LogP contribution in [0.5, 0.6) is 0 Å². The molecule has 0 radical (unpaired) electrons. The average molecular weight is 344 g/mol. The fourth-order valence-electron chi connectivity index (χ4n) is 2.51. The van der Waals surface area contributed by atoms with Crippen LogP contribution in [0.4, 0.5) is 0 Å². The first kappa shape index (κ1) is 18.7. The van der Waals surface area contributed by atoms with Crippen LogP contribution in [0, 0.1) is 13.8 Å². The summed E-state index contributed by atoms with van der Waals surface area (Å²) in [5.41, 5.74) is 3.55. The van der Waals surface area contributed by atoms with Crippen molar-refractivity contribution in [1.29, 1.82) is 0 Å². The van der Waals surface area contributed by atoms with Gasteiger partial charge in [0.15, 0.2) is 0 Å². The molecule has 0 aliphatic heterocycles. The van der Waals surface area contributed by atoms with E-state index in [1.807, 2.05) is 48.9 Å². The van der Waals surface area contributed by atoms with Crippen LogP contribution >= 0.6 is 0 Å². The molecule has 1 aromatic heterocycles. The molecule has 7 heteroatoms. The van der Waals surface area contributed by atoms with E-state index in [2.05, 4.69) is 15.7 Å². The fraction of sp³-hybridized carbons (Fsp3) is 0.389. The maximum Gasteiger partial charge on any atom is 0.239 e. The van der Waals surface area contributed by atoms with Crippen molar-refractivity contribution in [3.63, 3.8) is 0 Å². The number of hydrogen-bond acceptors (Lipinski definition) is 4. The van der Waals surface area contributed by atoms with E-state index in [1.165, 1.54) is 0 Å². The first-order valence-corrected chi connectivity index (χ1v) is 8.15. The van der Waals surface area contributed by atoms with Crippen molar-refractivity contribution in [2.75, 3.05) is 26.8 Å². The second-order valence-electron chi connectivity index (χ2n) is 5.69. The van der Waals surface area contributed by atoms with Gasteiger partial charge in [0.1, 0.15) is 0 Å². The lowest BCUT2D eigenvalue weighted by Crippen LogP contribution is -2.38. The molecular weight excluding hydrogens is 320 g/mol. The van der Waals surface area contributed by atoms with Crippen molar-refractivity contribution in [1.82, 2.24) is 20.4 Å². The van der Waals surface area contributed by atoms with Crippen molar-refractivity contribution in [2.24, 2.45) is 0 Å². The lowest BCUT2D eigenvalue weighted by Gasteiger charge is -2.07. The summed E-state index contributed by atoms with van der Waals surface area (Å²) in [6, 6.07) is 9.77. The van der Waals surface area contributed by atoms with Gasteiger partial charge in [-0.2, -0.15) is 5.10 Å². The number of aryl methyl sites for hydroxylation is 1. The Balaban J connectivity index is 1.95. The van der Waals surface area contributed by atoms with E-state index in [4.69, 9.17) is 4.74 Å². The number of hydrogen-bond donors (Lipinski definition) is 2. The molecule has 0 saturated carbocycles. The van der Waals surface area contributed by atoms with Crippen LogP contribution < -0.4 is 10.6 Å². The predicted molar refractivity (Wildman–Crippen MR) is 94.6 cm³/mol. The molecule has 25 heavy (non-hydrogen) atoms. The molecule has 0 aliphatic rings. The summed E-state index contributed by atoms with van der Waals surface area (Å²) in [5.74, 6) is -0.445. The Labute approximate surface area is 147 Å². The summed E-state index contributed by atoms with van der Waals surface area (Å²) in [4.78, 5) is 23.7. The smallest absolute Gasteiger partial charge is 0.239 e. The first-order chi connectivity index (χ1) is 12.0. The maximum absolute atomic E-state index is 12.1. The Kier molecular flexibility index (Phi) is 6.71. The topological polar surface area (TPSA) is 85.2 Å². The lowest BCUT2D eigenvalue weighted by atomic mass is 10.1. The molecule has 2 amide bonds. The first-order valence-electron chi connectivity index (χ1n) is 8.15. The molecule has 1 aromatic carbocycles. The number of nitrogens with zero attached hydrogens (tertiary/aromatic N) is 2. The quantitative estimate of drug-likeness (QED) is 0.697. The Hall–Kier alpha value is -2.67. The lowest BCUT2D eigenvalue weighted by molar-refractivity contribution is -0.125. The fourth-order valence-corrected chi connectivity index (χ4v) is 2.51. The van der Waals surface area contributed by atoms with Gasteiger partial charge in [0.25, 0.3) is 0 Å². The highest BCUT2D eigenvalue weighted by molar-refractivity contribution is 5.85. The maximum atomic E-state index is 12.1. The van der Waals surface area contributed by atoms with Gasteiger partial charge in [0, 0.05) is 24.9 Å². The Morgan fingerprint density at radius 2 is 1.84 bits per heavy atom. The van der Waals surface area contributed by atoms with Crippen LogP contribution in [0.1, 0.15) is 17.0 Å². The SMILES string of the molecule is COCCNC(=O)CNC(=O)Cc1c(C)nn(-c2ccccc2)c1C. The summed E-state index contributed by atoms with van der Waals surface area (Å²) < 4.78 is 6.68. The largest absolute Gasteiger partial charge is 0.383 e. The van der Waals surface area contributed by atoms with Crippen molar-refractivity contribution in [2.45, 2.75) is 20.3 Å². The summed E-state index contributed by atoms with van der Waals surface area (Å²) in [6.45, 7) is 4.64. The second kappa shape index (κ2) is 8.98. The van der Waals surface area contributed by atoms with E-state index < -0.39 is 0 Å². The molecule has 0 spiro atoms. The molecular formula is C18H24N4O3. The summed E-state index contributed by atoms with van der Waals surface area (Å²) in [7, 11) is 1.56. The van der Waals surface area contributed by atoms with Crippen LogP contribution in [-0.2, 0) is 20.7 Å². The molecule has 0 saturated heterocycles. The van der Waals surface area contributed by atoms with Crippen molar-refractivity contribution in [3.8, 4) is 5.69 Å². The van der Waals surface area contributed by atoms with E-state index in [1.54, 1.807) is 7.11 Å². The van der Waals surface area contributed by atoms with Gasteiger partial charge >= 0.3 is 0 Å². The third kappa shape index (κ3) is 5.15. The number of carbonyl (C=O) groups is 2. The van der Waals surface area contributed by atoms with Gasteiger partial charge in [0.05, 0.1) is 31.0 Å². The summed E-state index contributed by atoms with van der Waals surface area (Å²) in [5, 5.41) is 9.81. The minimum absolute atomic E-state index is 0.0481. The number of carbonyl (C=O) groups excluding carboxylic acids is 2. The number of methoxy groups -OCH3 is 1. The molecule has 0 atom stereocenters. The normalized spacial score (nSPS) is 10.5. The monoisotopic (exact) mass is 344 g/mol. The third-order valence-electron chi connectivity index (χ3n) is 3.85. The molecule has 0 fully saturated rings. The highest BCUT2D eigenvalue weighted by Crippen LogP contribution is 2.18. The zero-order valence-corrected chi connectivity index (χ0v) is 14.8. The Morgan fingerprint density at radius 3 is 2.52 bits per heavy atom. The Bertz CT molecular complexity index is 725. The molecule has 7 nitrogen and oxygen atoms in total. The molecule has 2 N–H and O–H groups in total. The van der Waals surface area contributed by atoms with Crippen LogP contribution in [0.3, 0.4) is 0 Å². The van der Waals surface area contributed by atoms with Gasteiger partial charge in [-0.25, -0.2) is 4.68 Å². The number of amides is 2. The van der Waals surface area contributed by atoms with Crippen LogP contribution in [0.2, 0.25) is 0 Å². The van der Waals surface area contributed by atoms with E-state index in [0.717, 1.165) is 22.6 Å². The zero-order chi connectivity index (χ0) is 18.2. The Morgan fingerprint density at radius 1 is 1.12 bits per heavy atom. The molecule has 2 rings (SSSR count). The molecule has 134 valence electrons. The molecule has 0 unspecified atom stereocenters. The highest BCUT2D eigenvalue weighted by atomic mass is 16.5. The molecule has 0 aliphatic carbocycles. The number of aromatic nitrogens is 2. The van der Waals surface area contributed by atoms with Gasteiger partial charge in [-0.15, -0.1) is 0 Å². The third-order valence-corrected chi connectivity index (χ3v) is 3.85. The van der Waals surface area contributed by atoms with E-state index in [-0.39, 0.29) is 24.8 Å². The second-order valence-corrected chi connectivity index (χ2v) is 5.69. The average Bonchev–Trinajstić information content (AvgIpc) is 2.89. The number of rotatable bonds is 8. The van der Waals surface area contributed by atoms with Gasteiger partial charge in [0.2, 0.25) is 11.8 Å². The number of para-hydroxylation sites is 1. The van der Waals surface area contributed by atoms with E-state index >= 15 is 0 Å². The van der Waals surface area contributed by atoms with E-state index in [9.17, 15) is 9.59 Å². The number of ether oxygens (including phenoxy) is 1. The molecule has 0 bridgehead atoms. The molecule has 2 aromatic rings. The predicted octanol–water partition coefficient (Wildman–Crippen LogP) is 0.910. The van der Waals surface area contributed by atoms with Crippen LogP contribution in [-0.4, -0.2) is 48.4 Å². The minimum Gasteiger partial charge on any atom is -0.383 e. The van der Waals surface area contributed by atoms with Crippen LogP contribution in [0.15, 0.2) is 30.3 Å². The zero-order valence-electron chi connectivity index (χ0n) is 14.8. The van der Waals surface area contributed by atoms with Gasteiger partial charge < -0.3 is 15.4 Å². The van der Waals surface area contributed by atoms with Crippen molar-refractivity contribution >= 4 is 11.8 Å². The minimum atomic E-state index is -0.237. The van der Waals surface area contributed by atoms with Gasteiger partial charge in [-0.3, -0.25) is 9.59 Å². The summed E-state index contributed by atoms with van der Waals surface area (Å²) >= 11 is 0. The van der Waals surface area contributed by atoms with E-state index in [0.29, 0.717) is 13.2 Å². The standard InChI is InChI=1S/C18H24N4O3/c1-13-16(11-17(23)20-12-18(24)19-9-10-25-3)14(2)22(21-13)15-7-5-4-6-8-15/h4-8H,9-12H2,1-3H3,(H,19,24)(H,20,23). The summed E-state index contributed by atoms with van der Waals surface area (Å²) in [6.07, 6.45) is 0.190. The highest BCUT2D eigenvalue weighted by Gasteiger charge is 2.16. The van der Waals surface area contributed by atoms with Crippen LogP contribution in [0.25, 0.3) is 5.69 Å².